The number of rotatable bonds is 8. The molecule has 1 aliphatic rings. The lowest BCUT2D eigenvalue weighted by molar-refractivity contribution is -0.161. The smallest absolute Gasteiger partial charge is 0.328 e. The van der Waals surface area contributed by atoms with Gasteiger partial charge >= 0.3 is 5.97 Å². The van der Waals surface area contributed by atoms with Crippen molar-refractivity contribution in [2.75, 3.05) is 13.2 Å². The molecule has 0 aliphatic carbocycles. The number of hydrogen-bond acceptors (Lipinski definition) is 5. The number of aryl methyl sites for hydroxylation is 1. The van der Waals surface area contributed by atoms with Crippen molar-refractivity contribution in [3.05, 3.63) is 30.1 Å². The summed E-state index contributed by atoms with van der Waals surface area (Å²) in [6.07, 6.45) is 7.77. The predicted molar refractivity (Wildman–Crippen MR) is 102 cm³/mol. The van der Waals surface area contributed by atoms with Crippen molar-refractivity contribution in [1.82, 2.24) is 9.88 Å². The van der Waals surface area contributed by atoms with Crippen molar-refractivity contribution >= 4 is 17.7 Å². The van der Waals surface area contributed by atoms with Gasteiger partial charge in [-0.15, -0.1) is 0 Å². The Hall–Kier alpha value is -2.24. The van der Waals surface area contributed by atoms with E-state index in [4.69, 9.17) is 4.74 Å². The number of hydrogen-bond donors (Lipinski definition) is 0. The molecule has 1 aromatic rings. The first-order valence-corrected chi connectivity index (χ1v) is 9.77. The highest BCUT2D eigenvalue weighted by atomic mass is 16.5. The first kappa shape index (κ1) is 21.1. The summed E-state index contributed by atoms with van der Waals surface area (Å²) in [5.41, 5.74) is 0.377. The number of Topliss-reactive ketones (excluding diaryl/α,β-unsaturated/α-hetero) is 1. The number of amides is 1. The molecule has 1 unspecified atom stereocenters. The van der Waals surface area contributed by atoms with Crippen molar-refractivity contribution in [3.8, 4) is 0 Å². The fourth-order valence-corrected chi connectivity index (χ4v) is 3.09. The van der Waals surface area contributed by atoms with Crippen molar-refractivity contribution in [2.45, 2.75) is 65.3 Å². The number of aromatic nitrogens is 1. The van der Waals surface area contributed by atoms with Crippen LogP contribution >= 0.6 is 0 Å². The molecule has 6 nitrogen and oxygen atoms in total. The molecule has 0 N–H and O–H groups in total. The Morgan fingerprint density at radius 2 is 2.07 bits per heavy atom. The number of piperidine rings is 1. The molecule has 0 spiro atoms. The molecule has 2 heterocycles. The van der Waals surface area contributed by atoms with Gasteiger partial charge in [0.05, 0.1) is 6.61 Å². The minimum Gasteiger partial charge on any atom is -0.464 e. The Bertz CT molecular complexity index is 657. The van der Waals surface area contributed by atoms with Gasteiger partial charge in [-0.05, 0) is 50.2 Å². The summed E-state index contributed by atoms with van der Waals surface area (Å²) in [6, 6.07) is 3.21. The topological polar surface area (TPSA) is 76.6 Å². The molecule has 6 heteroatoms. The molecular weight excluding hydrogens is 344 g/mol. The second-order valence-corrected chi connectivity index (χ2v) is 7.71. The lowest BCUT2D eigenvalue weighted by Crippen LogP contribution is -2.53. The van der Waals surface area contributed by atoms with E-state index in [2.05, 4.69) is 4.98 Å². The van der Waals surface area contributed by atoms with Crippen LogP contribution < -0.4 is 0 Å². The van der Waals surface area contributed by atoms with Gasteiger partial charge in [0.2, 0.25) is 5.78 Å². The fraction of sp³-hybridized carbons (Fsp3) is 0.619. The molecule has 148 valence electrons. The minimum atomic E-state index is -0.716. The molecule has 1 amide bonds. The van der Waals surface area contributed by atoms with Gasteiger partial charge in [0.25, 0.3) is 5.91 Å². The third kappa shape index (κ3) is 5.62. The number of nitrogens with zero attached hydrogens (tertiary/aromatic N) is 2. The third-order valence-electron chi connectivity index (χ3n) is 5.31. The quantitative estimate of drug-likeness (QED) is 0.397. The minimum absolute atomic E-state index is 0.292. The van der Waals surface area contributed by atoms with Crippen LogP contribution in [0.5, 0.6) is 0 Å². The molecule has 1 fully saturated rings. The van der Waals surface area contributed by atoms with Crippen LogP contribution in [0.3, 0.4) is 0 Å². The normalized spacial score (nSPS) is 17.4. The van der Waals surface area contributed by atoms with Crippen LogP contribution in [0.15, 0.2) is 24.5 Å². The zero-order valence-electron chi connectivity index (χ0n) is 16.6. The SMILES string of the molecule is CCC(C)(C)C(=O)C(=O)N1CCCCC1C(=O)OCCCc1cccnc1. The Balaban J connectivity index is 1.90. The summed E-state index contributed by atoms with van der Waals surface area (Å²) in [7, 11) is 0. The maximum absolute atomic E-state index is 12.7. The zero-order chi connectivity index (χ0) is 19.9. The largest absolute Gasteiger partial charge is 0.464 e. The number of likely N-dealkylation sites (tertiary alicyclic amines) is 1. The van der Waals surface area contributed by atoms with Gasteiger partial charge in [0.1, 0.15) is 6.04 Å². The Morgan fingerprint density at radius 1 is 1.30 bits per heavy atom. The maximum atomic E-state index is 12.7. The van der Waals surface area contributed by atoms with Crippen LogP contribution in [-0.4, -0.2) is 46.7 Å². The van der Waals surface area contributed by atoms with E-state index in [1.807, 2.05) is 19.1 Å². The monoisotopic (exact) mass is 374 g/mol. The van der Waals surface area contributed by atoms with Gasteiger partial charge in [-0.25, -0.2) is 4.79 Å². The summed E-state index contributed by atoms with van der Waals surface area (Å²) >= 11 is 0. The number of ketones is 1. The molecule has 1 aromatic heterocycles. The Labute approximate surface area is 161 Å². The maximum Gasteiger partial charge on any atom is 0.328 e. The molecule has 2 rings (SSSR count). The van der Waals surface area contributed by atoms with Crippen LogP contribution in [0.2, 0.25) is 0 Å². The van der Waals surface area contributed by atoms with E-state index in [9.17, 15) is 14.4 Å². The van der Waals surface area contributed by atoms with Crippen LogP contribution in [0.25, 0.3) is 0 Å². The lowest BCUT2D eigenvalue weighted by atomic mass is 9.84. The molecule has 0 radical (unpaired) electrons. The van der Waals surface area contributed by atoms with Gasteiger partial charge in [-0.3, -0.25) is 14.6 Å². The Kier molecular flexibility index (Phi) is 7.51. The van der Waals surface area contributed by atoms with Gasteiger partial charge < -0.3 is 9.64 Å². The predicted octanol–water partition coefficient (Wildman–Crippen LogP) is 2.94. The fourth-order valence-electron chi connectivity index (χ4n) is 3.09. The first-order valence-electron chi connectivity index (χ1n) is 9.77. The molecule has 27 heavy (non-hydrogen) atoms. The molecule has 0 aromatic carbocycles. The van der Waals surface area contributed by atoms with E-state index in [-0.39, 0.29) is 0 Å². The molecule has 1 saturated heterocycles. The van der Waals surface area contributed by atoms with E-state index in [0.29, 0.717) is 32.4 Å². The Morgan fingerprint density at radius 3 is 2.74 bits per heavy atom. The van der Waals surface area contributed by atoms with Crippen molar-refractivity contribution in [3.63, 3.8) is 0 Å². The summed E-state index contributed by atoms with van der Waals surface area (Å²) < 4.78 is 5.41. The number of carbonyl (C=O) groups excluding carboxylic acids is 3. The van der Waals surface area contributed by atoms with E-state index in [1.165, 1.54) is 4.90 Å². The van der Waals surface area contributed by atoms with Crippen molar-refractivity contribution < 1.29 is 19.1 Å². The summed E-state index contributed by atoms with van der Waals surface area (Å²) in [4.78, 5) is 43.2. The summed E-state index contributed by atoms with van der Waals surface area (Å²) in [5.74, 6) is -1.39. The van der Waals surface area contributed by atoms with E-state index in [1.54, 1.807) is 26.2 Å². The van der Waals surface area contributed by atoms with Gasteiger partial charge in [0, 0.05) is 24.4 Å². The zero-order valence-corrected chi connectivity index (χ0v) is 16.6. The molecule has 1 atom stereocenters. The van der Waals surface area contributed by atoms with Crippen LogP contribution in [0, 0.1) is 5.41 Å². The average molecular weight is 374 g/mol. The number of pyridine rings is 1. The van der Waals surface area contributed by atoms with Crippen LogP contribution in [0.4, 0.5) is 0 Å². The number of carbonyl (C=O) groups is 3. The highest BCUT2D eigenvalue weighted by molar-refractivity contribution is 6.38. The standard InChI is InChI=1S/C21H30N2O4/c1-4-21(2,3)18(24)19(25)23-13-6-5-11-17(23)20(26)27-14-8-10-16-9-7-12-22-15-16/h7,9,12,15,17H,4-6,8,10-11,13-14H2,1-3H3. The van der Waals surface area contributed by atoms with Gasteiger partial charge in [0.15, 0.2) is 0 Å². The number of esters is 1. The van der Waals surface area contributed by atoms with E-state index in [0.717, 1.165) is 24.8 Å². The lowest BCUT2D eigenvalue weighted by Gasteiger charge is -2.35. The average Bonchev–Trinajstić information content (AvgIpc) is 2.70. The molecule has 0 bridgehead atoms. The highest BCUT2D eigenvalue weighted by Gasteiger charge is 2.40. The van der Waals surface area contributed by atoms with Gasteiger partial charge in [-0.1, -0.05) is 26.8 Å². The second kappa shape index (κ2) is 9.62. The van der Waals surface area contributed by atoms with Crippen LogP contribution in [-0.2, 0) is 25.5 Å². The van der Waals surface area contributed by atoms with Gasteiger partial charge in [-0.2, -0.15) is 0 Å². The third-order valence-corrected chi connectivity index (χ3v) is 5.31. The molecular formula is C21H30N2O4. The van der Waals surface area contributed by atoms with E-state index >= 15 is 0 Å². The van der Waals surface area contributed by atoms with Crippen LogP contribution in [0.1, 0.15) is 58.4 Å². The molecule has 0 saturated carbocycles. The second-order valence-electron chi connectivity index (χ2n) is 7.71. The summed E-state index contributed by atoms with van der Waals surface area (Å²) in [6.45, 7) is 6.14. The summed E-state index contributed by atoms with van der Waals surface area (Å²) in [5, 5.41) is 0. The molecule has 1 aliphatic heterocycles. The van der Waals surface area contributed by atoms with Crippen molar-refractivity contribution in [2.24, 2.45) is 5.41 Å². The first-order chi connectivity index (χ1) is 12.9. The van der Waals surface area contributed by atoms with Crippen molar-refractivity contribution in [1.29, 1.82) is 0 Å². The van der Waals surface area contributed by atoms with E-state index < -0.39 is 29.1 Å². The highest BCUT2D eigenvalue weighted by Crippen LogP contribution is 2.25. The number of ether oxygens (including phenoxy) is 1.